The second kappa shape index (κ2) is 6.10. The van der Waals surface area contributed by atoms with Crippen LogP contribution in [0.2, 0.25) is 0 Å². The van der Waals surface area contributed by atoms with E-state index in [2.05, 4.69) is 5.32 Å². The number of halogens is 2. The number of amides is 1. The molecular weight excluding hydrogens is 368 g/mol. The van der Waals surface area contributed by atoms with E-state index in [1.54, 1.807) is 0 Å². The normalized spacial score (nSPS) is 23.7. The molecule has 0 atom stereocenters. The van der Waals surface area contributed by atoms with E-state index in [9.17, 15) is 13.4 Å². The number of carbonyl (C=O) groups excluding carboxylic acids is 1. The average Bonchev–Trinajstić information content (AvgIpc) is 2.32. The van der Waals surface area contributed by atoms with Gasteiger partial charge in [0.1, 0.15) is 5.82 Å². The minimum absolute atomic E-state index is 0.0797. The van der Waals surface area contributed by atoms with Crippen LogP contribution in [0.15, 0.2) is 18.2 Å². The van der Waals surface area contributed by atoms with Gasteiger partial charge in [0, 0.05) is 31.9 Å². The van der Waals surface area contributed by atoms with Gasteiger partial charge >= 0.3 is 0 Å². The average molecular weight is 381 g/mol. The molecule has 18 heavy (non-hydrogen) atoms. The molecule has 1 aliphatic rings. The topological polar surface area (TPSA) is 46.2 Å². The van der Waals surface area contributed by atoms with Crippen molar-refractivity contribution in [2.75, 3.05) is 11.5 Å². The molecule has 2 rings (SSSR count). The summed E-state index contributed by atoms with van der Waals surface area (Å²) in [5.41, 5.74) is 0.490. The van der Waals surface area contributed by atoms with Gasteiger partial charge in [0.2, 0.25) is 0 Å². The molecule has 0 bridgehead atoms. The molecule has 0 aliphatic carbocycles. The minimum Gasteiger partial charge on any atom is -0.349 e. The predicted octanol–water partition coefficient (Wildman–Crippen LogP) is 2.07. The molecule has 1 aromatic rings. The van der Waals surface area contributed by atoms with Gasteiger partial charge in [0.25, 0.3) is 5.91 Å². The molecule has 0 aromatic heterocycles. The summed E-state index contributed by atoms with van der Waals surface area (Å²) >= 11 is 1.95. The number of hydrogen-bond donors (Lipinski definition) is 1. The van der Waals surface area contributed by atoms with Crippen molar-refractivity contribution in [3.63, 3.8) is 0 Å². The van der Waals surface area contributed by atoms with Gasteiger partial charge in [-0.2, -0.15) is 0 Å². The van der Waals surface area contributed by atoms with Gasteiger partial charge < -0.3 is 5.32 Å². The van der Waals surface area contributed by atoms with E-state index in [1.165, 1.54) is 18.2 Å². The minimum atomic E-state index is -0.730. The van der Waals surface area contributed by atoms with E-state index in [0.717, 1.165) is 12.8 Å². The van der Waals surface area contributed by atoms with Crippen molar-refractivity contribution < 1.29 is 13.4 Å². The monoisotopic (exact) mass is 381 g/mol. The zero-order chi connectivity index (χ0) is 13.1. The van der Waals surface area contributed by atoms with Gasteiger partial charge in [-0.15, -0.1) is 0 Å². The fraction of sp³-hybridized carbons (Fsp3) is 0.417. The molecule has 3 nitrogen and oxygen atoms in total. The van der Waals surface area contributed by atoms with Crippen LogP contribution in [0.4, 0.5) is 4.39 Å². The van der Waals surface area contributed by atoms with Crippen LogP contribution in [0.1, 0.15) is 23.2 Å². The van der Waals surface area contributed by atoms with Gasteiger partial charge in [-0.1, -0.05) is 0 Å². The Morgan fingerprint density at radius 3 is 2.67 bits per heavy atom. The summed E-state index contributed by atoms with van der Waals surface area (Å²) in [5.74, 6) is 0.762. The molecule has 0 unspecified atom stereocenters. The number of rotatable bonds is 2. The van der Waals surface area contributed by atoms with E-state index < -0.39 is 10.8 Å². The quantitative estimate of drug-likeness (QED) is 0.798. The van der Waals surface area contributed by atoms with E-state index in [1.807, 2.05) is 22.6 Å². The first-order valence-electron chi connectivity index (χ1n) is 5.67. The molecule has 0 spiro atoms. The lowest BCUT2D eigenvalue weighted by Gasteiger charge is -2.22. The Morgan fingerprint density at radius 1 is 1.39 bits per heavy atom. The lowest BCUT2D eigenvalue weighted by molar-refractivity contribution is 0.0933. The number of nitrogens with one attached hydrogen (secondary N) is 1. The SMILES string of the molecule is O=C(NC1CCS(=O)CC1)c1ccc(F)cc1I. The molecule has 6 heteroatoms. The zero-order valence-electron chi connectivity index (χ0n) is 9.62. The maximum atomic E-state index is 12.9. The van der Waals surface area contributed by atoms with Gasteiger partial charge in [0.05, 0.1) is 5.56 Å². The van der Waals surface area contributed by atoms with Crippen LogP contribution in [0.3, 0.4) is 0 Å². The number of carbonyl (C=O) groups is 1. The Bertz CT molecular complexity index is 485. The lowest BCUT2D eigenvalue weighted by Crippen LogP contribution is -2.39. The van der Waals surface area contributed by atoms with Crippen molar-refractivity contribution in [1.82, 2.24) is 5.32 Å². The van der Waals surface area contributed by atoms with Crippen LogP contribution in [-0.2, 0) is 10.8 Å². The fourth-order valence-corrected chi connectivity index (χ4v) is 3.90. The molecule has 1 heterocycles. The third-order valence-corrected chi connectivity index (χ3v) is 5.17. The molecule has 1 aromatic carbocycles. The van der Waals surface area contributed by atoms with Crippen molar-refractivity contribution in [2.24, 2.45) is 0 Å². The highest BCUT2D eigenvalue weighted by molar-refractivity contribution is 14.1. The Kier molecular flexibility index (Phi) is 4.71. The standard InChI is InChI=1S/C12H13FINO2S/c13-8-1-2-10(11(14)7-8)12(16)15-9-3-5-18(17)6-4-9/h1-2,7,9H,3-6H2,(H,15,16). The second-order valence-electron chi connectivity index (χ2n) is 4.22. The maximum Gasteiger partial charge on any atom is 0.252 e. The van der Waals surface area contributed by atoms with E-state index >= 15 is 0 Å². The fourth-order valence-electron chi connectivity index (χ4n) is 1.87. The predicted molar refractivity (Wildman–Crippen MR) is 77.5 cm³/mol. The van der Waals surface area contributed by atoms with Gasteiger partial charge in [-0.3, -0.25) is 9.00 Å². The van der Waals surface area contributed by atoms with Crippen LogP contribution in [0.25, 0.3) is 0 Å². The van der Waals surface area contributed by atoms with Gasteiger partial charge in [-0.25, -0.2) is 4.39 Å². The summed E-state index contributed by atoms with van der Waals surface area (Å²) in [6, 6.07) is 4.20. The smallest absolute Gasteiger partial charge is 0.252 e. The summed E-state index contributed by atoms with van der Waals surface area (Å²) in [7, 11) is -0.730. The Morgan fingerprint density at radius 2 is 2.06 bits per heavy atom. The van der Waals surface area contributed by atoms with Crippen molar-refractivity contribution in [3.8, 4) is 0 Å². The molecule has 1 aliphatic heterocycles. The highest BCUT2D eigenvalue weighted by atomic mass is 127. The first-order chi connectivity index (χ1) is 8.56. The second-order valence-corrected chi connectivity index (χ2v) is 7.08. The number of benzene rings is 1. The molecule has 1 saturated heterocycles. The summed E-state index contributed by atoms with van der Waals surface area (Å²) in [6.07, 6.45) is 1.49. The van der Waals surface area contributed by atoms with Crippen LogP contribution < -0.4 is 5.32 Å². The Balaban J connectivity index is 2.01. The van der Waals surface area contributed by atoms with E-state index in [0.29, 0.717) is 20.6 Å². The summed E-state index contributed by atoms with van der Waals surface area (Å²) in [5, 5.41) is 2.92. The summed E-state index contributed by atoms with van der Waals surface area (Å²) in [4.78, 5) is 12.0. The van der Waals surface area contributed by atoms with Crippen molar-refractivity contribution in [1.29, 1.82) is 0 Å². The van der Waals surface area contributed by atoms with Crippen molar-refractivity contribution in [2.45, 2.75) is 18.9 Å². The van der Waals surface area contributed by atoms with E-state index in [4.69, 9.17) is 0 Å². The van der Waals surface area contributed by atoms with E-state index in [-0.39, 0.29) is 17.8 Å². The first kappa shape index (κ1) is 13.9. The molecular formula is C12H13FINO2S. The van der Waals surface area contributed by atoms with Crippen LogP contribution in [-0.4, -0.2) is 27.7 Å². The molecule has 1 amide bonds. The molecule has 0 saturated carbocycles. The highest BCUT2D eigenvalue weighted by Gasteiger charge is 2.21. The van der Waals surface area contributed by atoms with Gasteiger partial charge in [-0.05, 0) is 53.6 Å². The lowest BCUT2D eigenvalue weighted by atomic mass is 10.1. The Labute approximate surface area is 121 Å². The molecule has 1 fully saturated rings. The third kappa shape index (κ3) is 3.50. The van der Waals surface area contributed by atoms with Crippen molar-refractivity contribution in [3.05, 3.63) is 33.1 Å². The third-order valence-electron chi connectivity index (χ3n) is 2.90. The first-order valence-corrected chi connectivity index (χ1v) is 8.24. The Hall–Kier alpha value is -0.500. The summed E-state index contributed by atoms with van der Waals surface area (Å²) < 4.78 is 24.8. The largest absolute Gasteiger partial charge is 0.349 e. The van der Waals surface area contributed by atoms with Crippen LogP contribution in [0.5, 0.6) is 0 Å². The van der Waals surface area contributed by atoms with Crippen LogP contribution >= 0.6 is 22.6 Å². The van der Waals surface area contributed by atoms with Gasteiger partial charge in [0.15, 0.2) is 0 Å². The molecule has 98 valence electrons. The van der Waals surface area contributed by atoms with Crippen molar-refractivity contribution >= 4 is 39.3 Å². The molecule has 0 radical (unpaired) electrons. The van der Waals surface area contributed by atoms with Crippen LogP contribution in [0, 0.1) is 9.39 Å². The molecule has 1 N–H and O–H groups in total. The zero-order valence-corrected chi connectivity index (χ0v) is 12.6. The highest BCUT2D eigenvalue weighted by Crippen LogP contribution is 2.15. The maximum absolute atomic E-state index is 12.9. The number of hydrogen-bond acceptors (Lipinski definition) is 2. The summed E-state index contributed by atoms with van der Waals surface area (Å²) in [6.45, 7) is 0.